The molecule has 27 heavy (non-hydrogen) atoms. The third kappa shape index (κ3) is 4.77. The van der Waals surface area contributed by atoms with Crippen molar-refractivity contribution in [3.63, 3.8) is 0 Å². The normalized spacial score (nSPS) is 10.3. The number of pyridine rings is 1. The largest absolute Gasteiger partial charge is 0.326 e. The Bertz CT molecular complexity index is 970. The van der Waals surface area contributed by atoms with Gasteiger partial charge in [0.2, 0.25) is 0 Å². The summed E-state index contributed by atoms with van der Waals surface area (Å²) in [6, 6.07) is 14.5. The smallest absolute Gasteiger partial charge is 0.306 e. The fourth-order valence-corrected chi connectivity index (χ4v) is 3.00. The maximum atomic E-state index is 12.2. The lowest BCUT2D eigenvalue weighted by molar-refractivity contribution is 0.0967. The van der Waals surface area contributed by atoms with Crippen LogP contribution in [0.4, 0.5) is 10.5 Å². The number of aromatic nitrogens is 1. The standard InChI is InChI=1S/C19H12Cl3N3O2/c20-12-6-4-11(5-7-12)16-9-8-13(10-23-16)24-19(27)25-18(26)17-14(21)2-1-3-15(17)22/h1-10H,(H2,24,25,26,27). The van der Waals surface area contributed by atoms with Gasteiger partial charge in [0.25, 0.3) is 5.91 Å². The molecule has 0 saturated heterocycles. The van der Waals surface area contributed by atoms with E-state index in [4.69, 9.17) is 34.8 Å². The van der Waals surface area contributed by atoms with Crippen LogP contribution < -0.4 is 10.6 Å². The summed E-state index contributed by atoms with van der Waals surface area (Å²) in [7, 11) is 0. The van der Waals surface area contributed by atoms with Crippen molar-refractivity contribution in [3.8, 4) is 11.3 Å². The Balaban J connectivity index is 1.66. The highest BCUT2D eigenvalue weighted by Crippen LogP contribution is 2.24. The molecule has 3 amide bonds. The van der Waals surface area contributed by atoms with Gasteiger partial charge in [-0.3, -0.25) is 15.1 Å². The van der Waals surface area contributed by atoms with Crippen LogP contribution in [-0.2, 0) is 0 Å². The summed E-state index contributed by atoms with van der Waals surface area (Å²) in [5, 5.41) is 5.65. The summed E-state index contributed by atoms with van der Waals surface area (Å²) in [6.07, 6.45) is 1.48. The molecule has 0 unspecified atom stereocenters. The second kappa shape index (κ2) is 8.39. The van der Waals surface area contributed by atoms with E-state index in [1.165, 1.54) is 18.3 Å². The number of nitrogens with zero attached hydrogens (tertiary/aromatic N) is 1. The van der Waals surface area contributed by atoms with Gasteiger partial charge in [-0.2, -0.15) is 0 Å². The van der Waals surface area contributed by atoms with Crippen molar-refractivity contribution in [2.24, 2.45) is 0 Å². The van der Waals surface area contributed by atoms with Gasteiger partial charge in [0.15, 0.2) is 0 Å². The van der Waals surface area contributed by atoms with Crippen LogP contribution in [0.25, 0.3) is 11.3 Å². The number of benzene rings is 2. The summed E-state index contributed by atoms with van der Waals surface area (Å²) in [6.45, 7) is 0. The number of anilines is 1. The van der Waals surface area contributed by atoms with Gasteiger partial charge in [-0.25, -0.2) is 4.79 Å². The summed E-state index contributed by atoms with van der Waals surface area (Å²) >= 11 is 17.8. The van der Waals surface area contributed by atoms with E-state index in [2.05, 4.69) is 15.6 Å². The third-order valence-electron chi connectivity index (χ3n) is 3.58. The number of hydrogen-bond donors (Lipinski definition) is 2. The van der Waals surface area contributed by atoms with Crippen LogP contribution in [0.15, 0.2) is 60.8 Å². The number of carbonyl (C=O) groups excluding carboxylic acids is 2. The molecule has 0 spiro atoms. The highest BCUT2D eigenvalue weighted by atomic mass is 35.5. The number of rotatable bonds is 3. The average molecular weight is 421 g/mol. The molecule has 0 fully saturated rings. The SMILES string of the molecule is O=C(NC(=O)c1c(Cl)cccc1Cl)Nc1ccc(-c2ccc(Cl)cc2)nc1. The van der Waals surface area contributed by atoms with Gasteiger partial charge in [0.05, 0.1) is 33.2 Å². The fraction of sp³-hybridized carbons (Fsp3) is 0. The number of hydrogen-bond acceptors (Lipinski definition) is 3. The molecule has 1 heterocycles. The topological polar surface area (TPSA) is 71.1 Å². The number of halogens is 3. The second-order valence-electron chi connectivity index (χ2n) is 5.44. The second-order valence-corrected chi connectivity index (χ2v) is 6.69. The van der Waals surface area contributed by atoms with E-state index < -0.39 is 11.9 Å². The Morgan fingerprint density at radius 2 is 1.52 bits per heavy atom. The Morgan fingerprint density at radius 3 is 2.11 bits per heavy atom. The van der Waals surface area contributed by atoms with Crippen molar-refractivity contribution in [2.45, 2.75) is 0 Å². The summed E-state index contributed by atoms with van der Waals surface area (Å²) in [4.78, 5) is 28.5. The molecule has 3 aromatic rings. The Kier molecular flexibility index (Phi) is 5.96. The molecule has 3 rings (SSSR count). The number of nitrogens with one attached hydrogen (secondary N) is 2. The molecule has 0 radical (unpaired) electrons. The van der Waals surface area contributed by atoms with Crippen molar-refractivity contribution in [2.75, 3.05) is 5.32 Å². The molecule has 2 aromatic carbocycles. The van der Waals surface area contributed by atoms with Gasteiger partial charge in [-0.15, -0.1) is 0 Å². The summed E-state index contributed by atoms with van der Waals surface area (Å²) in [5.41, 5.74) is 2.06. The predicted molar refractivity (Wildman–Crippen MR) is 108 cm³/mol. The molecule has 136 valence electrons. The Labute approximate surface area is 170 Å². The molecule has 0 atom stereocenters. The van der Waals surface area contributed by atoms with Gasteiger partial charge in [0, 0.05) is 10.6 Å². The predicted octanol–water partition coefficient (Wildman–Crippen LogP) is 5.67. The summed E-state index contributed by atoms with van der Waals surface area (Å²) < 4.78 is 0. The van der Waals surface area contributed by atoms with Crippen LogP contribution in [0.5, 0.6) is 0 Å². The van der Waals surface area contributed by atoms with Crippen LogP contribution in [0.1, 0.15) is 10.4 Å². The van der Waals surface area contributed by atoms with Crippen molar-refractivity contribution < 1.29 is 9.59 Å². The molecule has 8 heteroatoms. The number of urea groups is 1. The van der Waals surface area contributed by atoms with Gasteiger partial charge < -0.3 is 5.32 Å². The Morgan fingerprint density at radius 1 is 0.852 bits per heavy atom. The lowest BCUT2D eigenvalue weighted by Gasteiger charge is -2.09. The lowest BCUT2D eigenvalue weighted by atomic mass is 10.1. The zero-order chi connectivity index (χ0) is 19.4. The molecule has 5 nitrogen and oxygen atoms in total. The van der Waals surface area contributed by atoms with E-state index >= 15 is 0 Å². The maximum absolute atomic E-state index is 12.2. The first kappa shape index (κ1) is 19.2. The monoisotopic (exact) mass is 419 g/mol. The fourth-order valence-electron chi connectivity index (χ4n) is 2.30. The quantitative estimate of drug-likeness (QED) is 0.573. The maximum Gasteiger partial charge on any atom is 0.326 e. The lowest BCUT2D eigenvalue weighted by Crippen LogP contribution is -2.34. The average Bonchev–Trinajstić information content (AvgIpc) is 2.63. The molecule has 0 aliphatic carbocycles. The van der Waals surface area contributed by atoms with Gasteiger partial charge in [-0.05, 0) is 36.4 Å². The first-order valence-corrected chi connectivity index (χ1v) is 8.86. The van der Waals surface area contributed by atoms with Crippen molar-refractivity contribution >= 4 is 52.4 Å². The zero-order valence-electron chi connectivity index (χ0n) is 13.7. The van der Waals surface area contributed by atoms with Crippen molar-refractivity contribution in [3.05, 3.63) is 81.4 Å². The van der Waals surface area contributed by atoms with Gasteiger partial charge >= 0.3 is 6.03 Å². The number of carbonyl (C=O) groups is 2. The number of imide groups is 1. The minimum atomic E-state index is -0.725. The molecule has 0 aliphatic rings. The zero-order valence-corrected chi connectivity index (χ0v) is 15.9. The molecular weight excluding hydrogens is 409 g/mol. The minimum Gasteiger partial charge on any atom is -0.306 e. The van der Waals surface area contributed by atoms with Crippen LogP contribution >= 0.6 is 34.8 Å². The molecular formula is C19H12Cl3N3O2. The molecule has 1 aromatic heterocycles. The van der Waals surface area contributed by atoms with Crippen LogP contribution in [0.3, 0.4) is 0 Å². The molecule has 2 N–H and O–H groups in total. The van der Waals surface area contributed by atoms with E-state index in [1.807, 2.05) is 12.1 Å². The summed E-state index contributed by atoms with van der Waals surface area (Å²) in [5.74, 6) is -0.700. The molecule has 0 bridgehead atoms. The van der Waals surface area contributed by atoms with Gasteiger partial charge in [0.1, 0.15) is 0 Å². The van der Waals surface area contributed by atoms with E-state index in [1.54, 1.807) is 30.3 Å². The first-order valence-electron chi connectivity index (χ1n) is 7.72. The van der Waals surface area contributed by atoms with Gasteiger partial charge in [-0.1, -0.05) is 53.0 Å². The third-order valence-corrected chi connectivity index (χ3v) is 4.46. The van der Waals surface area contributed by atoms with Crippen molar-refractivity contribution in [1.29, 1.82) is 0 Å². The molecule has 0 saturated carbocycles. The van der Waals surface area contributed by atoms with E-state index in [0.29, 0.717) is 10.7 Å². The number of amides is 3. The van der Waals surface area contributed by atoms with E-state index in [9.17, 15) is 9.59 Å². The Hall–Kier alpha value is -2.60. The highest BCUT2D eigenvalue weighted by Gasteiger charge is 2.17. The van der Waals surface area contributed by atoms with Crippen LogP contribution in [-0.4, -0.2) is 16.9 Å². The van der Waals surface area contributed by atoms with Crippen molar-refractivity contribution in [1.82, 2.24) is 10.3 Å². The van der Waals surface area contributed by atoms with Crippen LogP contribution in [0.2, 0.25) is 15.1 Å². The minimum absolute atomic E-state index is 0.0344. The highest BCUT2D eigenvalue weighted by molar-refractivity contribution is 6.40. The van der Waals surface area contributed by atoms with E-state index in [0.717, 1.165) is 11.3 Å². The first-order chi connectivity index (χ1) is 12.9. The van der Waals surface area contributed by atoms with E-state index in [-0.39, 0.29) is 15.6 Å². The molecule has 0 aliphatic heterocycles. The van der Waals surface area contributed by atoms with Crippen LogP contribution in [0, 0.1) is 0 Å².